The molecule has 0 aromatic heterocycles. The molecule has 0 atom stereocenters. The van der Waals surface area contributed by atoms with Crippen LogP contribution in [0.1, 0.15) is 82.9 Å². The second-order valence-electron chi connectivity index (χ2n) is 8.44. The first kappa shape index (κ1) is 23.7. The van der Waals surface area contributed by atoms with E-state index in [0.29, 0.717) is 5.69 Å². The van der Waals surface area contributed by atoms with Crippen molar-refractivity contribution in [3.05, 3.63) is 57.3 Å². The standard InChI is InChI=1S/C26H38N4/c1-6-7-10-21(24(19(5)28)16-30-17(2)3)20-11-8-9-12-22(20)26-18(4)13-14-25(29)23(26)15-27/h10,13-17,27H,6-9,11-12,28-29H2,1-5H3/b21-10-,24-19+,27-15?,30-16?. The van der Waals surface area contributed by atoms with E-state index in [1.807, 2.05) is 19.2 Å². The third-order valence-electron chi connectivity index (χ3n) is 5.58. The Hall–Kier alpha value is -2.62. The summed E-state index contributed by atoms with van der Waals surface area (Å²) in [5.41, 5.74) is 22.0. The summed E-state index contributed by atoms with van der Waals surface area (Å²) in [6, 6.07) is 4.19. The van der Waals surface area contributed by atoms with Gasteiger partial charge < -0.3 is 16.9 Å². The molecule has 0 heterocycles. The lowest BCUT2D eigenvalue weighted by atomic mass is 9.78. The van der Waals surface area contributed by atoms with E-state index in [4.69, 9.17) is 16.9 Å². The number of hydrogen-bond donors (Lipinski definition) is 3. The normalized spacial score (nSPS) is 16.4. The highest BCUT2D eigenvalue weighted by Gasteiger charge is 2.23. The predicted molar refractivity (Wildman–Crippen MR) is 132 cm³/mol. The Morgan fingerprint density at radius 1 is 1.23 bits per heavy atom. The second-order valence-corrected chi connectivity index (χ2v) is 8.44. The Bertz CT molecular complexity index is 894. The van der Waals surface area contributed by atoms with Crippen LogP contribution in [0, 0.1) is 12.3 Å². The van der Waals surface area contributed by atoms with Gasteiger partial charge in [0.2, 0.25) is 0 Å². The summed E-state index contributed by atoms with van der Waals surface area (Å²) in [7, 11) is 0. The molecular formula is C26H38N4. The van der Waals surface area contributed by atoms with Crippen LogP contribution < -0.4 is 11.5 Å². The average Bonchev–Trinajstić information content (AvgIpc) is 2.71. The number of rotatable bonds is 8. The average molecular weight is 407 g/mol. The Balaban J connectivity index is 2.81. The Kier molecular flexibility index (Phi) is 8.64. The minimum absolute atomic E-state index is 0.215. The van der Waals surface area contributed by atoms with Crippen molar-refractivity contribution < 1.29 is 0 Å². The van der Waals surface area contributed by atoms with E-state index in [0.717, 1.165) is 66.5 Å². The third kappa shape index (κ3) is 5.50. The fourth-order valence-corrected chi connectivity index (χ4v) is 4.07. The number of allylic oxidation sites excluding steroid dienone is 6. The number of unbranched alkanes of at least 4 members (excludes halogenated alkanes) is 1. The maximum Gasteiger partial charge on any atom is 0.0443 e. The fourth-order valence-electron chi connectivity index (χ4n) is 4.07. The lowest BCUT2D eigenvalue weighted by Gasteiger charge is -2.27. The van der Waals surface area contributed by atoms with E-state index in [9.17, 15) is 0 Å². The number of nitrogens with one attached hydrogen (secondary N) is 1. The van der Waals surface area contributed by atoms with Crippen molar-refractivity contribution in [2.24, 2.45) is 10.7 Å². The summed E-state index contributed by atoms with van der Waals surface area (Å²) in [5, 5.41) is 8.00. The van der Waals surface area contributed by atoms with Gasteiger partial charge in [-0.3, -0.25) is 4.99 Å². The summed E-state index contributed by atoms with van der Waals surface area (Å²) >= 11 is 0. The zero-order valence-corrected chi connectivity index (χ0v) is 19.3. The molecule has 0 unspecified atom stereocenters. The zero-order chi connectivity index (χ0) is 22.3. The number of nitrogens with two attached hydrogens (primary N) is 2. The van der Waals surface area contributed by atoms with Gasteiger partial charge in [-0.2, -0.15) is 0 Å². The highest BCUT2D eigenvalue weighted by Crippen LogP contribution is 2.41. The first-order valence-corrected chi connectivity index (χ1v) is 11.1. The van der Waals surface area contributed by atoms with Crippen LogP contribution in [0.15, 0.2) is 45.6 Å². The van der Waals surface area contributed by atoms with Gasteiger partial charge in [-0.25, -0.2) is 0 Å². The minimum atomic E-state index is 0.215. The number of aliphatic imine (C=N–C) groups is 1. The van der Waals surface area contributed by atoms with Gasteiger partial charge in [-0.15, -0.1) is 0 Å². The first-order valence-electron chi connectivity index (χ1n) is 11.1. The van der Waals surface area contributed by atoms with E-state index in [1.54, 1.807) is 0 Å². The smallest absolute Gasteiger partial charge is 0.0443 e. The first-order chi connectivity index (χ1) is 14.3. The molecule has 1 aliphatic rings. The molecule has 4 nitrogen and oxygen atoms in total. The molecule has 1 aromatic rings. The quantitative estimate of drug-likeness (QED) is 0.267. The molecule has 0 saturated carbocycles. The minimum Gasteiger partial charge on any atom is -0.402 e. The van der Waals surface area contributed by atoms with Gasteiger partial charge in [0.15, 0.2) is 0 Å². The molecule has 30 heavy (non-hydrogen) atoms. The Morgan fingerprint density at radius 3 is 2.53 bits per heavy atom. The van der Waals surface area contributed by atoms with Crippen LogP contribution in [0.5, 0.6) is 0 Å². The Labute approximate surface area is 182 Å². The van der Waals surface area contributed by atoms with Crippen LogP contribution in [0.25, 0.3) is 5.57 Å². The van der Waals surface area contributed by atoms with Gasteiger partial charge in [-0.1, -0.05) is 25.5 Å². The molecule has 0 bridgehead atoms. The number of hydrogen-bond acceptors (Lipinski definition) is 4. The molecule has 0 radical (unpaired) electrons. The molecule has 162 valence electrons. The maximum absolute atomic E-state index is 8.00. The maximum atomic E-state index is 8.00. The van der Waals surface area contributed by atoms with Crippen molar-refractivity contribution in [3.63, 3.8) is 0 Å². The molecule has 2 rings (SSSR count). The predicted octanol–water partition coefficient (Wildman–Crippen LogP) is 6.34. The van der Waals surface area contributed by atoms with Crippen LogP contribution in [-0.2, 0) is 0 Å². The zero-order valence-electron chi connectivity index (χ0n) is 19.3. The molecule has 0 fully saturated rings. The Morgan fingerprint density at radius 2 is 1.93 bits per heavy atom. The molecule has 0 saturated heterocycles. The molecular weight excluding hydrogens is 368 g/mol. The second kappa shape index (κ2) is 11.0. The highest BCUT2D eigenvalue weighted by atomic mass is 14.7. The molecule has 1 aromatic carbocycles. The van der Waals surface area contributed by atoms with Gasteiger partial charge in [0, 0.05) is 41.0 Å². The molecule has 0 amide bonds. The lowest BCUT2D eigenvalue weighted by molar-refractivity contribution is 0.718. The van der Waals surface area contributed by atoms with Crippen molar-refractivity contribution in [1.29, 1.82) is 5.41 Å². The summed E-state index contributed by atoms with van der Waals surface area (Å²) in [6.07, 6.45) is 12.0. The van der Waals surface area contributed by atoms with Gasteiger partial charge in [0.1, 0.15) is 0 Å². The number of nitrogens with zero attached hydrogens (tertiary/aromatic N) is 1. The van der Waals surface area contributed by atoms with Gasteiger partial charge in [0.25, 0.3) is 0 Å². The van der Waals surface area contributed by atoms with Crippen molar-refractivity contribution in [2.45, 2.75) is 79.2 Å². The van der Waals surface area contributed by atoms with Crippen LogP contribution in [0.4, 0.5) is 5.69 Å². The van der Waals surface area contributed by atoms with Crippen molar-refractivity contribution in [1.82, 2.24) is 0 Å². The lowest BCUT2D eigenvalue weighted by Crippen LogP contribution is -2.12. The van der Waals surface area contributed by atoms with E-state index >= 15 is 0 Å². The number of benzene rings is 1. The number of nitrogen functional groups attached to an aromatic ring is 1. The topological polar surface area (TPSA) is 88.2 Å². The fraction of sp³-hybridized carbons (Fsp3) is 0.462. The van der Waals surface area contributed by atoms with Crippen LogP contribution >= 0.6 is 0 Å². The molecule has 5 N–H and O–H groups in total. The van der Waals surface area contributed by atoms with Crippen LogP contribution in [-0.4, -0.2) is 18.5 Å². The summed E-state index contributed by atoms with van der Waals surface area (Å²) < 4.78 is 0. The van der Waals surface area contributed by atoms with E-state index in [2.05, 4.69) is 44.8 Å². The van der Waals surface area contributed by atoms with E-state index in [1.165, 1.54) is 22.9 Å². The molecule has 4 heteroatoms. The van der Waals surface area contributed by atoms with E-state index in [-0.39, 0.29) is 6.04 Å². The number of aryl methyl sites for hydroxylation is 1. The number of anilines is 1. The third-order valence-corrected chi connectivity index (χ3v) is 5.58. The molecule has 1 aliphatic carbocycles. The largest absolute Gasteiger partial charge is 0.402 e. The van der Waals surface area contributed by atoms with Gasteiger partial charge in [0.05, 0.1) is 0 Å². The summed E-state index contributed by atoms with van der Waals surface area (Å²) in [4.78, 5) is 4.65. The monoisotopic (exact) mass is 406 g/mol. The van der Waals surface area contributed by atoms with Gasteiger partial charge in [-0.05, 0) is 93.7 Å². The van der Waals surface area contributed by atoms with E-state index < -0.39 is 0 Å². The highest BCUT2D eigenvalue weighted by molar-refractivity contribution is 5.97. The van der Waals surface area contributed by atoms with Gasteiger partial charge >= 0.3 is 0 Å². The van der Waals surface area contributed by atoms with Crippen LogP contribution in [0.2, 0.25) is 0 Å². The van der Waals surface area contributed by atoms with Crippen molar-refractivity contribution in [2.75, 3.05) is 5.73 Å². The molecule has 0 aliphatic heterocycles. The SMILES string of the molecule is CCC/C=C(C1=C(c2c(C)ccc(N)c2C=N)CCCC1)\C(C=NC(C)C)=C(/C)N. The van der Waals surface area contributed by atoms with Crippen LogP contribution in [0.3, 0.4) is 0 Å². The summed E-state index contributed by atoms with van der Waals surface area (Å²) in [5.74, 6) is 0. The molecule has 0 spiro atoms. The van der Waals surface area contributed by atoms with Crippen molar-refractivity contribution >= 4 is 23.7 Å². The summed E-state index contributed by atoms with van der Waals surface area (Å²) in [6.45, 7) is 10.4. The van der Waals surface area contributed by atoms with Crippen molar-refractivity contribution in [3.8, 4) is 0 Å².